The van der Waals surface area contributed by atoms with Crippen LogP contribution in [0.3, 0.4) is 0 Å². The summed E-state index contributed by atoms with van der Waals surface area (Å²) in [5.74, 6) is 1.59. The van der Waals surface area contributed by atoms with Crippen molar-refractivity contribution in [3.63, 3.8) is 0 Å². The van der Waals surface area contributed by atoms with Crippen molar-refractivity contribution >= 4 is 11.9 Å². The molecule has 1 aliphatic heterocycles. The van der Waals surface area contributed by atoms with Crippen LogP contribution >= 0.6 is 0 Å². The second-order valence-electron chi connectivity index (χ2n) is 8.74. The van der Waals surface area contributed by atoms with Crippen molar-refractivity contribution in [1.82, 2.24) is 4.98 Å². The molecular weight excluding hydrogens is 366 g/mol. The molecule has 0 saturated heterocycles. The van der Waals surface area contributed by atoms with Gasteiger partial charge in [-0.1, -0.05) is 58.1 Å². The van der Waals surface area contributed by atoms with Crippen molar-refractivity contribution < 1.29 is 0 Å². The van der Waals surface area contributed by atoms with Gasteiger partial charge in [-0.3, -0.25) is 9.98 Å². The van der Waals surface area contributed by atoms with E-state index in [1.54, 1.807) is 0 Å². The molecule has 0 fully saturated rings. The van der Waals surface area contributed by atoms with Crippen LogP contribution in [0.4, 0.5) is 0 Å². The van der Waals surface area contributed by atoms with E-state index in [9.17, 15) is 0 Å². The third-order valence-electron chi connectivity index (χ3n) is 5.96. The molecule has 0 aromatic carbocycles. The molecule has 0 saturated carbocycles. The minimum Gasteiger partial charge on any atom is -0.313 e. The van der Waals surface area contributed by atoms with Gasteiger partial charge in [0.25, 0.3) is 0 Å². The van der Waals surface area contributed by atoms with E-state index < -0.39 is 0 Å². The van der Waals surface area contributed by atoms with Crippen molar-refractivity contribution in [3.8, 4) is 0 Å². The number of rotatable bonds is 10. The van der Waals surface area contributed by atoms with Crippen molar-refractivity contribution in [2.24, 2.45) is 16.8 Å². The first-order valence-corrected chi connectivity index (χ1v) is 11.5. The van der Waals surface area contributed by atoms with E-state index >= 15 is 0 Å². The lowest BCUT2D eigenvalue weighted by Gasteiger charge is -2.21. The Morgan fingerprint density at radius 2 is 2.13 bits per heavy atom. The number of pyridine rings is 1. The molecule has 3 heteroatoms. The van der Waals surface area contributed by atoms with Gasteiger partial charge in [0.15, 0.2) is 0 Å². The van der Waals surface area contributed by atoms with Crippen molar-refractivity contribution in [1.29, 1.82) is 5.41 Å². The van der Waals surface area contributed by atoms with Crippen LogP contribution in [0.5, 0.6) is 0 Å². The van der Waals surface area contributed by atoms with Crippen LogP contribution in [-0.4, -0.2) is 23.5 Å². The maximum absolute atomic E-state index is 7.35. The van der Waals surface area contributed by atoms with E-state index in [0.717, 1.165) is 66.9 Å². The van der Waals surface area contributed by atoms with Gasteiger partial charge in [0.2, 0.25) is 0 Å². The second-order valence-corrected chi connectivity index (χ2v) is 8.74. The van der Waals surface area contributed by atoms with Gasteiger partial charge in [0.1, 0.15) is 0 Å². The van der Waals surface area contributed by atoms with Crippen LogP contribution in [0.1, 0.15) is 83.5 Å². The first-order valence-electron chi connectivity index (χ1n) is 11.5. The van der Waals surface area contributed by atoms with Crippen LogP contribution in [0.2, 0.25) is 0 Å². The van der Waals surface area contributed by atoms with E-state index in [1.165, 1.54) is 12.6 Å². The summed E-state index contributed by atoms with van der Waals surface area (Å²) in [7, 11) is 0. The highest BCUT2D eigenvalue weighted by atomic mass is 14.8. The lowest BCUT2D eigenvalue weighted by molar-refractivity contribution is 0.427. The maximum Gasteiger partial charge on any atom is 0.0905 e. The quantitative estimate of drug-likeness (QED) is 0.322. The summed E-state index contributed by atoms with van der Waals surface area (Å²) < 4.78 is 0. The molecule has 1 aromatic heterocycles. The zero-order valence-electron chi connectivity index (χ0n) is 19.3. The van der Waals surface area contributed by atoms with Crippen molar-refractivity contribution in [3.05, 3.63) is 65.5 Å². The number of unbranched alkanes of at least 4 members (excludes halogenated alkanes) is 1. The number of allylic oxidation sites excluding steroid dienone is 5. The van der Waals surface area contributed by atoms with E-state index in [2.05, 4.69) is 57.7 Å². The molecule has 3 atom stereocenters. The van der Waals surface area contributed by atoms with Crippen LogP contribution in [0.15, 0.2) is 59.1 Å². The molecular formula is C27H39N3. The van der Waals surface area contributed by atoms with Crippen LogP contribution in [0, 0.1) is 17.2 Å². The molecule has 1 aliphatic rings. The van der Waals surface area contributed by atoms with Gasteiger partial charge in [-0.05, 0) is 74.8 Å². The fourth-order valence-corrected chi connectivity index (χ4v) is 4.02. The predicted octanol–water partition coefficient (Wildman–Crippen LogP) is 7.31. The summed E-state index contributed by atoms with van der Waals surface area (Å²) in [5, 5.41) is 7.35. The molecule has 2 rings (SSSR count). The van der Waals surface area contributed by atoms with Crippen LogP contribution in [-0.2, 0) is 0 Å². The van der Waals surface area contributed by atoms with Gasteiger partial charge < -0.3 is 5.41 Å². The topological polar surface area (TPSA) is 49.1 Å². The number of hydrogen-bond donors (Lipinski definition) is 1. The summed E-state index contributed by atoms with van der Waals surface area (Å²) in [5.41, 5.74) is 5.36. The Bertz CT molecular complexity index is 800. The highest BCUT2D eigenvalue weighted by molar-refractivity contribution is 6.14. The fraction of sp³-hybridized carbons (Fsp3) is 0.519. The summed E-state index contributed by atoms with van der Waals surface area (Å²) in [6.45, 7) is 14.0. The summed E-state index contributed by atoms with van der Waals surface area (Å²) in [6, 6.07) is 6.39. The number of nitrogens with one attached hydrogen (secondary N) is 1. The summed E-state index contributed by atoms with van der Waals surface area (Å²) in [4.78, 5) is 10.1. The Morgan fingerprint density at radius 1 is 1.33 bits per heavy atom. The fourth-order valence-electron chi connectivity index (χ4n) is 4.02. The first kappa shape index (κ1) is 24.0. The Morgan fingerprint density at radius 3 is 2.83 bits per heavy atom. The lowest BCUT2D eigenvalue weighted by atomic mass is 9.87. The molecule has 0 amide bonds. The van der Waals surface area contributed by atoms with Crippen molar-refractivity contribution in [2.45, 2.75) is 72.1 Å². The Labute approximate surface area is 183 Å². The third kappa shape index (κ3) is 6.90. The van der Waals surface area contributed by atoms with Gasteiger partial charge in [-0.2, -0.15) is 0 Å². The Kier molecular flexibility index (Phi) is 9.93. The maximum atomic E-state index is 7.35. The van der Waals surface area contributed by atoms with Gasteiger partial charge in [-0.25, -0.2) is 0 Å². The average Bonchev–Trinajstić information content (AvgIpc) is 2.88. The van der Waals surface area contributed by atoms with Crippen molar-refractivity contribution in [2.75, 3.05) is 6.54 Å². The second kappa shape index (κ2) is 12.4. The minimum absolute atomic E-state index is 0.427. The molecule has 30 heavy (non-hydrogen) atoms. The summed E-state index contributed by atoms with van der Waals surface area (Å²) >= 11 is 0. The largest absolute Gasteiger partial charge is 0.313 e. The van der Waals surface area contributed by atoms with E-state index in [1.807, 2.05) is 13.0 Å². The number of aliphatic imine (C=N–C) groups is 1. The summed E-state index contributed by atoms with van der Waals surface area (Å²) in [6.07, 6.45) is 14.0. The van der Waals surface area contributed by atoms with Crippen LogP contribution in [0.25, 0.3) is 0 Å². The lowest BCUT2D eigenvalue weighted by Crippen LogP contribution is -2.13. The third-order valence-corrected chi connectivity index (χ3v) is 5.96. The zero-order valence-corrected chi connectivity index (χ0v) is 19.3. The smallest absolute Gasteiger partial charge is 0.0905 e. The molecule has 2 heterocycles. The predicted molar refractivity (Wildman–Crippen MR) is 131 cm³/mol. The monoisotopic (exact) mass is 405 g/mol. The van der Waals surface area contributed by atoms with Gasteiger partial charge in [0, 0.05) is 23.7 Å². The zero-order chi connectivity index (χ0) is 21.9. The standard InChI is InChI=1S/C27H39N3/c1-6-8-13-24-22(5)17-21(4)19-29-27(24)26-15-11-14-25(30-26)23(12-9-10-16-28)18-20(3)7-2/h6,8,11,13-16,20-21,23,28H,5,7,9-10,12,17-19H2,1-4H3. The molecule has 0 aliphatic carbocycles. The first-order chi connectivity index (χ1) is 14.5. The van der Waals surface area contributed by atoms with Gasteiger partial charge in [-0.15, -0.1) is 0 Å². The number of nitrogens with zero attached hydrogens (tertiary/aromatic N) is 2. The molecule has 3 nitrogen and oxygen atoms in total. The van der Waals surface area contributed by atoms with Gasteiger partial charge in [0.05, 0.1) is 11.4 Å². The van der Waals surface area contributed by atoms with E-state index in [4.69, 9.17) is 15.4 Å². The number of hydrogen-bond acceptors (Lipinski definition) is 3. The molecule has 0 radical (unpaired) electrons. The van der Waals surface area contributed by atoms with E-state index in [-0.39, 0.29) is 0 Å². The number of aromatic nitrogens is 1. The molecule has 0 spiro atoms. The molecule has 162 valence electrons. The highest BCUT2D eigenvalue weighted by Crippen LogP contribution is 2.31. The Balaban J connectivity index is 2.42. The average molecular weight is 406 g/mol. The van der Waals surface area contributed by atoms with Crippen LogP contribution < -0.4 is 0 Å². The molecule has 1 aromatic rings. The SMILES string of the molecule is C=C1CC(C)CN=C(c2cccc(C(CCCC=N)CC(C)CC)n2)C1=CC=CC. The Hall–Kier alpha value is -2.29. The van der Waals surface area contributed by atoms with Gasteiger partial charge >= 0.3 is 0 Å². The highest BCUT2D eigenvalue weighted by Gasteiger charge is 2.22. The molecule has 0 bridgehead atoms. The van der Waals surface area contributed by atoms with E-state index in [0.29, 0.717) is 17.8 Å². The molecule has 3 unspecified atom stereocenters. The normalized spacial score (nSPS) is 20.8. The minimum atomic E-state index is 0.427. The molecule has 1 N–H and O–H groups in total.